The van der Waals surface area contributed by atoms with Gasteiger partial charge >= 0.3 is 0 Å². The van der Waals surface area contributed by atoms with Crippen molar-refractivity contribution < 1.29 is 15.3 Å². The summed E-state index contributed by atoms with van der Waals surface area (Å²) in [4.78, 5) is 4.05. The van der Waals surface area contributed by atoms with Crippen LogP contribution in [0.5, 0.6) is 0 Å². The quantitative estimate of drug-likeness (QED) is 0.0368. The second-order valence-electron chi connectivity index (χ2n) is 12.4. The van der Waals surface area contributed by atoms with Crippen LogP contribution < -0.4 is 0 Å². The lowest BCUT2D eigenvalue weighted by atomic mass is 9.89. The van der Waals surface area contributed by atoms with Crippen molar-refractivity contribution in [3.8, 4) is 0 Å². The van der Waals surface area contributed by atoms with E-state index in [2.05, 4.69) is 30.9 Å². The minimum Gasteiger partial charge on any atom is -0.393 e. The normalized spacial score (nSPS) is 13.4. The minimum atomic E-state index is -0.327. The lowest BCUT2D eigenvalue weighted by Gasteiger charge is -2.17. The first-order valence-electron chi connectivity index (χ1n) is 17.8. The molecule has 234 valence electrons. The Labute approximate surface area is 245 Å². The number of rotatable bonds is 33. The van der Waals surface area contributed by atoms with E-state index < -0.39 is 0 Å². The molecule has 39 heavy (non-hydrogen) atoms. The molecule has 0 aromatic heterocycles. The van der Waals surface area contributed by atoms with Gasteiger partial charge in [-0.3, -0.25) is 5.26 Å². The van der Waals surface area contributed by atoms with Crippen LogP contribution in [0.15, 0.2) is 12.2 Å². The van der Waals surface area contributed by atoms with Crippen molar-refractivity contribution in [3.63, 3.8) is 0 Å². The number of unbranched alkanes of at least 4 members (excludes halogenated alkanes) is 20. The van der Waals surface area contributed by atoms with Crippen LogP contribution in [0.25, 0.3) is 0 Å². The van der Waals surface area contributed by atoms with Gasteiger partial charge in [-0.05, 0) is 44.4 Å². The van der Waals surface area contributed by atoms with Gasteiger partial charge in [0.05, 0.1) is 12.7 Å². The summed E-state index contributed by atoms with van der Waals surface area (Å²) < 4.78 is 0. The first kappa shape index (κ1) is 38.6. The van der Waals surface area contributed by atoms with E-state index >= 15 is 0 Å². The Morgan fingerprint density at radius 2 is 0.821 bits per heavy atom. The Morgan fingerprint density at radius 1 is 0.462 bits per heavy atom. The van der Waals surface area contributed by atoms with Gasteiger partial charge in [0.15, 0.2) is 0 Å². The van der Waals surface area contributed by atoms with Crippen molar-refractivity contribution in [3.05, 3.63) is 12.2 Å². The molecule has 0 aromatic rings. The summed E-state index contributed by atoms with van der Waals surface area (Å²) in [5.41, 5.74) is 0. The van der Waals surface area contributed by atoms with E-state index in [9.17, 15) is 5.11 Å². The van der Waals surface area contributed by atoms with Crippen LogP contribution in [0.4, 0.5) is 0 Å². The topological polar surface area (TPSA) is 49.7 Å². The molecule has 2 N–H and O–H groups in total. The molecule has 0 heterocycles. The molecule has 0 aromatic carbocycles. The van der Waals surface area contributed by atoms with Gasteiger partial charge in [0, 0.05) is 0 Å². The second-order valence-corrected chi connectivity index (χ2v) is 12.4. The zero-order valence-corrected chi connectivity index (χ0v) is 26.8. The average Bonchev–Trinajstić information content (AvgIpc) is 2.94. The molecule has 0 amide bonds. The molecule has 0 saturated carbocycles. The fourth-order valence-electron chi connectivity index (χ4n) is 5.83. The average molecular weight is 553 g/mol. The third-order valence-electron chi connectivity index (χ3n) is 8.53. The SMILES string of the molecule is CCCCCCCCC=CCCCCCCCCC(CCCCCC)CCCCCCCCC(O)CCOO. The molecule has 0 aliphatic rings. The fraction of sp³-hybridized carbons (Fsp3) is 0.944. The Balaban J connectivity index is 3.72. The number of hydrogen-bond acceptors (Lipinski definition) is 3. The van der Waals surface area contributed by atoms with E-state index in [0.717, 1.165) is 18.8 Å². The first-order valence-corrected chi connectivity index (χ1v) is 17.8. The highest BCUT2D eigenvalue weighted by Gasteiger charge is 2.09. The van der Waals surface area contributed by atoms with Crippen molar-refractivity contribution in [1.82, 2.24) is 0 Å². The predicted molar refractivity (Wildman–Crippen MR) is 172 cm³/mol. The van der Waals surface area contributed by atoms with Crippen molar-refractivity contribution in [2.45, 2.75) is 206 Å². The highest BCUT2D eigenvalue weighted by molar-refractivity contribution is 4.81. The van der Waals surface area contributed by atoms with Crippen LogP contribution in [0, 0.1) is 5.92 Å². The molecule has 0 aliphatic heterocycles. The van der Waals surface area contributed by atoms with Gasteiger partial charge in [0.1, 0.15) is 0 Å². The Bertz CT molecular complexity index is 464. The number of aliphatic hydroxyl groups is 1. The van der Waals surface area contributed by atoms with E-state index in [1.165, 1.54) is 167 Å². The number of aliphatic hydroxyl groups excluding tert-OH is 1. The van der Waals surface area contributed by atoms with Crippen LogP contribution in [-0.4, -0.2) is 23.1 Å². The third-order valence-corrected chi connectivity index (χ3v) is 8.53. The Kier molecular flexibility index (Phi) is 33.5. The molecule has 3 nitrogen and oxygen atoms in total. The molecule has 0 rings (SSSR count). The van der Waals surface area contributed by atoms with Crippen molar-refractivity contribution in [2.75, 3.05) is 6.61 Å². The summed E-state index contributed by atoms with van der Waals surface area (Å²) in [7, 11) is 0. The van der Waals surface area contributed by atoms with E-state index in [1.807, 2.05) is 0 Å². The summed E-state index contributed by atoms with van der Waals surface area (Å²) in [5, 5.41) is 18.2. The first-order chi connectivity index (χ1) is 19.2. The predicted octanol–water partition coefficient (Wildman–Crippen LogP) is 12.4. The van der Waals surface area contributed by atoms with Gasteiger partial charge in [-0.15, -0.1) is 0 Å². The van der Waals surface area contributed by atoms with Crippen molar-refractivity contribution in [2.24, 2.45) is 5.92 Å². The molecule has 0 saturated heterocycles. The van der Waals surface area contributed by atoms with Crippen LogP contribution in [0.2, 0.25) is 0 Å². The fourth-order valence-corrected chi connectivity index (χ4v) is 5.83. The maximum atomic E-state index is 9.80. The molecule has 0 fully saturated rings. The van der Waals surface area contributed by atoms with E-state index in [4.69, 9.17) is 5.26 Å². The van der Waals surface area contributed by atoms with Crippen LogP contribution in [-0.2, 0) is 4.89 Å². The molecular formula is C36H72O3. The van der Waals surface area contributed by atoms with Gasteiger partial charge < -0.3 is 5.11 Å². The molecule has 3 heteroatoms. The summed E-state index contributed by atoms with van der Waals surface area (Å²) in [6.45, 7) is 4.84. The van der Waals surface area contributed by atoms with E-state index in [-0.39, 0.29) is 12.7 Å². The van der Waals surface area contributed by atoms with Crippen molar-refractivity contribution >= 4 is 0 Å². The molecule has 2 unspecified atom stereocenters. The standard InChI is InChI=1S/C36H72O3/c1-3-5-7-9-10-11-12-13-14-15-16-17-18-19-22-26-30-35(29-25-8-6-4-2)31-27-23-20-21-24-28-32-36(37)33-34-39-38/h13-14,35-38H,3-12,15-34H2,1-2H3. The van der Waals surface area contributed by atoms with Gasteiger partial charge in [0.2, 0.25) is 0 Å². The Hall–Kier alpha value is -0.380. The minimum absolute atomic E-state index is 0.234. The zero-order valence-electron chi connectivity index (χ0n) is 26.8. The second kappa shape index (κ2) is 33.8. The largest absolute Gasteiger partial charge is 0.393 e. The summed E-state index contributed by atoms with van der Waals surface area (Å²) in [5.74, 6) is 0.961. The smallest absolute Gasteiger partial charge is 0.0844 e. The van der Waals surface area contributed by atoms with Crippen LogP contribution in [0.1, 0.15) is 200 Å². The molecule has 0 aliphatic carbocycles. The maximum Gasteiger partial charge on any atom is 0.0844 e. The maximum absolute atomic E-state index is 9.80. The molecule has 0 radical (unpaired) electrons. The van der Waals surface area contributed by atoms with Gasteiger partial charge in [-0.1, -0.05) is 174 Å². The summed E-state index contributed by atoms with van der Waals surface area (Å²) in [6, 6.07) is 0. The molecule has 2 atom stereocenters. The van der Waals surface area contributed by atoms with Crippen LogP contribution >= 0.6 is 0 Å². The van der Waals surface area contributed by atoms with Gasteiger partial charge in [0.25, 0.3) is 0 Å². The van der Waals surface area contributed by atoms with Gasteiger partial charge in [-0.2, -0.15) is 0 Å². The highest BCUT2D eigenvalue weighted by Crippen LogP contribution is 2.25. The zero-order chi connectivity index (χ0) is 28.5. The van der Waals surface area contributed by atoms with E-state index in [1.54, 1.807) is 0 Å². The monoisotopic (exact) mass is 553 g/mol. The lowest BCUT2D eigenvalue weighted by molar-refractivity contribution is -0.245. The molecular weight excluding hydrogens is 480 g/mol. The summed E-state index contributed by atoms with van der Waals surface area (Å²) in [6.07, 6.45) is 43.2. The van der Waals surface area contributed by atoms with Gasteiger partial charge in [-0.25, -0.2) is 4.89 Å². The van der Waals surface area contributed by atoms with Crippen LogP contribution in [0.3, 0.4) is 0 Å². The van der Waals surface area contributed by atoms with E-state index in [0.29, 0.717) is 6.42 Å². The third kappa shape index (κ3) is 32.0. The highest BCUT2D eigenvalue weighted by atomic mass is 17.1. The molecule has 0 spiro atoms. The number of allylic oxidation sites excluding steroid dienone is 2. The molecule has 0 bridgehead atoms. The summed E-state index contributed by atoms with van der Waals surface area (Å²) >= 11 is 0. The Morgan fingerprint density at radius 3 is 1.26 bits per heavy atom. The van der Waals surface area contributed by atoms with Crippen molar-refractivity contribution in [1.29, 1.82) is 0 Å². The lowest BCUT2D eigenvalue weighted by Crippen LogP contribution is -2.09. The number of hydrogen-bond donors (Lipinski definition) is 2.